The van der Waals surface area contributed by atoms with E-state index in [4.69, 9.17) is 0 Å². The van der Waals surface area contributed by atoms with E-state index in [2.05, 4.69) is 15.5 Å². The Hall–Kier alpha value is -4.27. The molecule has 1 N–H and O–H groups in total. The van der Waals surface area contributed by atoms with E-state index in [1.54, 1.807) is 41.2 Å². The molecular formula is C22H17FN6O2. The lowest BCUT2D eigenvalue weighted by molar-refractivity contribution is -0.117. The van der Waals surface area contributed by atoms with E-state index in [9.17, 15) is 14.0 Å². The zero-order valence-corrected chi connectivity index (χ0v) is 16.5. The number of halogens is 1. The van der Waals surface area contributed by atoms with Gasteiger partial charge in [-0.3, -0.25) is 4.79 Å². The quantitative estimate of drug-likeness (QED) is 0.488. The molecule has 0 atom stereocenters. The Bertz CT molecular complexity index is 1500. The number of carbonyl (C=O) groups excluding carboxylic acids is 1. The second kappa shape index (κ2) is 7.21. The van der Waals surface area contributed by atoms with Crippen molar-refractivity contribution in [1.82, 2.24) is 23.8 Å². The smallest absolute Gasteiger partial charge is 0.324 e. The molecule has 3 heterocycles. The molecule has 0 bridgehead atoms. The van der Waals surface area contributed by atoms with Crippen molar-refractivity contribution in [2.75, 3.05) is 5.32 Å². The molecule has 8 nitrogen and oxygen atoms in total. The first kappa shape index (κ1) is 18.7. The van der Waals surface area contributed by atoms with Gasteiger partial charge in [-0.2, -0.15) is 5.10 Å². The number of rotatable bonds is 4. The normalized spacial score (nSPS) is 11.3. The molecule has 2 aromatic carbocycles. The van der Waals surface area contributed by atoms with E-state index in [0.29, 0.717) is 22.5 Å². The molecule has 5 aromatic rings. The van der Waals surface area contributed by atoms with Crippen LogP contribution in [0.5, 0.6) is 0 Å². The largest absolute Gasteiger partial charge is 0.350 e. The molecule has 0 aliphatic carbocycles. The number of carbonyl (C=O) groups is 1. The van der Waals surface area contributed by atoms with E-state index in [0.717, 1.165) is 15.8 Å². The molecule has 0 saturated heterocycles. The van der Waals surface area contributed by atoms with Crippen LogP contribution in [0.2, 0.25) is 0 Å². The standard InChI is InChI=1S/C22H17FN6O2/c1-14-3-2-4-17(11-14)24-20(30)13-29-22(31)27-9-10-28-19(21(27)26-29)12-18(25-28)15-5-7-16(23)8-6-15/h2-12H,13H2,1H3,(H,24,30). The number of benzene rings is 2. The summed E-state index contributed by atoms with van der Waals surface area (Å²) in [6.07, 6.45) is 3.18. The van der Waals surface area contributed by atoms with Gasteiger partial charge in [0.2, 0.25) is 5.91 Å². The number of nitrogens with one attached hydrogen (secondary N) is 1. The molecule has 0 spiro atoms. The fraction of sp³-hybridized carbons (Fsp3) is 0.0909. The second-order valence-electron chi connectivity index (χ2n) is 7.22. The van der Waals surface area contributed by atoms with Crippen molar-refractivity contribution in [3.05, 3.63) is 88.9 Å². The number of fused-ring (bicyclic) bond motifs is 3. The lowest BCUT2D eigenvalue weighted by atomic mass is 10.1. The summed E-state index contributed by atoms with van der Waals surface area (Å²) in [5.74, 6) is -0.684. The highest BCUT2D eigenvalue weighted by molar-refractivity contribution is 5.90. The summed E-state index contributed by atoms with van der Waals surface area (Å²) in [7, 11) is 0. The summed E-state index contributed by atoms with van der Waals surface area (Å²) >= 11 is 0. The lowest BCUT2D eigenvalue weighted by Crippen LogP contribution is -2.28. The highest BCUT2D eigenvalue weighted by atomic mass is 19.1. The first-order chi connectivity index (χ1) is 15.0. The highest BCUT2D eigenvalue weighted by Crippen LogP contribution is 2.21. The van der Waals surface area contributed by atoms with Gasteiger partial charge in [0.05, 0.1) is 5.69 Å². The van der Waals surface area contributed by atoms with Crippen LogP contribution in [0.15, 0.2) is 71.8 Å². The Morgan fingerprint density at radius 3 is 2.65 bits per heavy atom. The third-order valence-electron chi connectivity index (χ3n) is 4.93. The second-order valence-corrected chi connectivity index (χ2v) is 7.22. The molecule has 5 rings (SSSR count). The van der Waals surface area contributed by atoms with Crippen molar-refractivity contribution in [1.29, 1.82) is 0 Å². The predicted octanol–water partition coefficient (Wildman–Crippen LogP) is 2.90. The zero-order chi connectivity index (χ0) is 21.5. The van der Waals surface area contributed by atoms with Gasteiger partial charge in [0.25, 0.3) is 0 Å². The van der Waals surface area contributed by atoms with Gasteiger partial charge in [-0.25, -0.2) is 22.8 Å². The van der Waals surface area contributed by atoms with Crippen LogP contribution in [0.1, 0.15) is 5.56 Å². The summed E-state index contributed by atoms with van der Waals surface area (Å²) in [6, 6.07) is 15.2. The number of aryl methyl sites for hydroxylation is 1. The van der Waals surface area contributed by atoms with Crippen LogP contribution in [0.4, 0.5) is 10.1 Å². The lowest BCUT2D eigenvalue weighted by Gasteiger charge is -2.05. The molecule has 0 aliphatic heterocycles. The van der Waals surface area contributed by atoms with Crippen LogP contribution in [0.25, 0.3) is 22.4 Å². The molecule has 0 fully saturated rings. The highest BCUT2D eigenvalue weighted by Gasteiger charge is 2.15. The minimum atomic E-state index is -0.429. The van der Waals surface area contributed by atoms with Gasteiger partial charge in [-0.15, -0.1) is 5.10 Å². The first-order valence-electron chi connectivity index (χ1n) is 9.58. The number of hydrogen-bond acceptors (Lipinski definition) is 4. The van der Waals surface area contributed by atoms with Crippen molar-refractivity contribution in [2.45, 2.75) is 13.5 Å². The molecule has 0 aliphatic rings. The number of nitrogens with zero attached hydrogens (tertiary/aromatic N) is 5. The van der Waals surface area contributed by atoms with Crippen molar-refractivity contribution in [3.63, 3.8) is 0 Å². The van der Waals surface area contributed by atoms with Crippen molar-refractivity contribution in [3.8, 4) is 11.3 Å². The zero-order valence-electron chi connectivity index (χ0n) is 16.5. The maximum Gasteiger partial charge on any atom is 0.350 e. The van der Waals surface area contributed by atoms with Gasteiger partial charge < -0.3 is 5.32 Å². The number of aromatic nitrogens is 5. The van der Waals surface area contributed by atoms with Crippen LogP contribution in [0, 0.1) is 12.7 Å². The monoisotopic (exact) mass is 416 g/mol. The first-order valence-corrected chi connectivity index (χ1v) is 9.58. The number of hydrogen-bond donors (Lipinski definition) is 1. The molecule has 3 aromatic heterocycles. The summed E-state index contributed by atoms with van der Waals surface area (Å²) in [4.78, 5) is 25.2. The van der Waals surface area contributed by atoms with Crippen molar-refractivity contribution < 1.29 is 9.18 Å². The van der Waals surface area contributed by atoms with Gasteiger partial charge in [0.15, 0.2) is 5.65 Å². The molecule has 0 unspecified atom stereocenters. The maximum absolute atomic E-state index is 13.2. The number of amides is 1. The van der Waals surface area contributed by atoms with E-state index in [1.165, 1.54) is 16.5 Å². The minimum absolute atomic E-state index is 0.223. The Morgan fingerprint density at radius 2 is 1.87 bits per heavy atom. The SMILES string of the molecule is Cc1cccc(NC(=O)Cn2nc3c4cc(-c5ccc(F)cc5)nn4ccn3c2=O)c1. The molecule has 0 saturated carbocycles. The predicted molar refractivity (Wildman–Crippen MR) is 113 cm³/mol. The van der Waals surface area contributed by atoms with Gasteiger partial charge >= 0.3 is 5.69 Å². The Balaban J connectivity index is 1.49. The van der Waals surface area contributed by atoms with Crippen molar-refractivity contribution >= 4 is 22.8 Å². The summed E-state index contributed by atoms with van der Waals surface area (Å²) in [5.41, 5.74) is 3.57. The van der Waals surface area contributed by atoms with Gasteiger partial charge in [0.1, 0.15) is 17.9 Å². The Labute approximate surface area is 175 Å². The molecule has 154 valence electrons. The fourth-order valence-corrected chi connectivity index (χ4v) is 3.46. The molecule has 31 heavy (non-hydrogen) atoms. The summed E-state index contributed by atoms with van der Waals surface area (Å²) < 4.78 is 17.3. The van der Waals surface area contributed by atoms with Crippen molar-refractivity contribution in [2.24, 2.45) is 0 Å². The van der Waals surface area contributed by atoms with E-state index in [-0.39, 0.29) is 18.3 Å². The maximum atomic E-state index is 13.2. The third-order valence-corrected chi connectivity index (χ3v) is 4.93. The fourth-order valence-electron chi connectivity index (χ4n) is 3.46. The molecule has 1 amide bonds. The van der Waals surface area contributed by atoms with E-state index in [1.807, 2.05) is 25.1 Å². The van der Waals surface area contributed by atoms with Gasteiger partial charge in [-0.1, -0.05) is 12.1 Å². The minimum Gasteiger partial charge on any atom is -0.324 e. The molecule has 0 radical (unpaired) electrons. The molecular weight excluding hydrogens is 399 g/mol. The van der Waals surface area contributed by atoms with Crippen LogP contribution in [-0.2, 0) is 11.3 Å². The van der Waals surface area contributed by atoms with Crippen LogP contribution < -0.4 is 11.0 Å². The Morgan fingerprint density at radius 1 is 1.06 bits per heavy atom. The number of anilines is 1. The van der Waals surface area contributed by atoms with Crippen LogP contribution in [0.3, 0.4) is 0 Å². The van der Waals surface area contributed by atoms with Crippen LogP contribution >= 0.6 is 0 Å². The van der Waals surface area contributed by atoms with Gasteiger partial charge in [-0.05, 0) is 55.0 Å². The average Bonchev–Trinajstić information content (AvgIpc) is 3.30. The van der Waals surface area contributed by atoms with E-state index < -0.39 is 5.69 Å². The van der Waals surface area contributed by atoms with Gasteiger partial charge in [0, 0.05) is 23.6 Å². The Kier molecular flexibility index (Phi) is 4.36. The van der Waals surface area contributed by atoms with E-state index >= 15 is 0 Å². The summed E-state index contributed by atoms with van der Waals surface area (Å²) in [5, 5.41) is 11.6. The topological polar surface area (TPSA) is 85.7 Å². The average molecular weight is 416 g/mol. The third kappa shape index (κ3) is 3.46. The van der Waals surface area contributed by atoms with Crippen LogP contribution in [-0.4, -0.2) is 29.7 Å². The summed E-state index contributed by atoms with van der Waals surface area (Å²) in [6.45, 7) is 1.71. The molecule has 9 heteroatoms.